The van der Waals surface area contributed by atoms with Crippen LogP contribution in [-0.2, 0) is 16.0 Å². The Bertz CT molecular complexity index is 963. The predicted molar refractivity (Wildman–Crippen MR) is 121 cm³/mol. The molecule has 1 aliphatic carbocycles. The van der Waals surface area contributed by atoms with Gasteiger partial charge < -0.3 is 10.2 Å². The third kappa shape index (κ3) is 5.14. The first-order valence-electron chi connectivity index (χ1n) is 11.6. The number of piperidine rings is 1. The first-order valence-corrected chi connectivity index (χ1v) is 11.6. The lowest BCUT2D eigenvalue weighted by molar-refractivity contribution is -0.136. The average molecular weight is 439 g/mol. The van der Waals surface area contributed by atoms with Crippen molar-refractivity contribution >= 4 is 17.5 Å². The van der Waals surface area contributed by atoms with Crippen LogP contribution in [0.1, 0.15) is 67.2 Å². The predicted octanol–water partition coefficient (Wildman–Crippen LogP) is 4.31. The van der Waals surface area contributed by atoms with Gasteiger partial charge in [-0.25, -0.2) is 14.4 Å². The number of anilines is 1. The van der Waals surface area contributed by atoms with Gasteiger partial charge in [-0.1, -0.05) is 12.8 Å². The second kappa shape index (κ2) is 9.76. The van der Waals surface area contributed by atoms with Gasteiger partial charge in [0, 0.05) is 47.6 Å². The number of nitrogens with one attached hydrogen (secondary N) is 1. The lowest BCUT2D eigenvalue weighted by Gasteiger charge is -2.34. The molecule has 1 unspecified atom stereocenters. The molecule has 4 rings (SSSR count). The normalized spacial score (nSPS) is 19.2. The Hall–Kier alpha value is -2.83. The number of nitrogens with zero attached hydrogens (tertiary/aromatic N) is 3. The van der Waals surface area contributed by atoms with Crippen LogP contribution in [0.2, 0.25) is 0 Å². The summed E-state index contributed by atoms with van der Waals surface area (Å²) in [5, 5.41) is 2.79. The minimum absolute atomic E-state index is 0.133. The molecule has 7 heteroatoms. The summed E-state index contributed by atoms with van der Waals surface area (Å²) < 4.78 is 13.1. The van der Waals surface area contributed by atoms with Crippen molar-refractivity contribution in [1.29, 1.82) is 0 Å². The molecule has 1 aliphatic heterocycles. The number of hydrogen-bond acceptors (Lipinski definition) is 4. The molecule has 2 aliphatic rings. The van der Waals surface area contributed by atoms with E-state index in [-0.39, 0.29) is 30.0 Å². The smallest absolute Gasteiger partial charge is 0.228 e. The van der Waals surface area contributed by atoms with Crippen molar-refractivity contribution in [2.75, 3.05) is 18.4 Å². The number of halogens is 1. The van der Waals surface area contributed by atoms with Crippen molar-refractivity contribution in [3.8, 4) is 0 Å². The molecule has 2 aromatic rings. The summed E-state index contributed by atoms with van der Waals surface area (Å²) in [6.45, 7) is 5.32. The molecule has 2 heterocycles. The van der Waals surface area contributed by atoms with E-state index >= 15 is 0 Å². The van der Waals surface area contributed by atoms with Gasteiger partial charge in [-0.2, -0.15) is 0 Å². The van der Waals surface area contributed by atoms with Crippen molar-refractivity contribution < 1.29 is 14.0 Å². The number of benzene rings is 1. The number of amides is 2. The lowest BCUT2D eigenvalue weighted by atomic mass is 9.94. The number of aryl methyl sites for hydroxylation is 2. The number of aromatic nitrogens is 2. The summed E-state index contributed by atoms with van der Waals surface area (Å²) in [5.41, 5.74) is 2.95. The van der Waals surface area contributed by atoms with Crippen LogP contribution < -0.4 is 5.32 Å². The maximum absolute atomic E-state index is 13.1. The number of carbonyl (C=O) groups is 2. The van der Waals surface area contributed by atoms with Gasteiger partial charge in [-0.15, -0.1) is 0 Å². The van der Waals surface area contributed by atoms with E-state index in [4.69, 9.17) is 9.97 Å². The standard InChI is InChI=1S/C25H31FN4O2/c1-16-22(14-23(31)29-21-11-9-20(26)10-12-21)17(2)28-24(27-16)19-8-5-13-30(15-19)25(32)18-6-3-4-7-18/h9-12,18-19H,3-8,13-15H2,1-2H3,(H,29,31). The van der Waals surface area contributed by atoms with E-state index in [9.17, 15) is 14.0 Å². The van der Waals surface area contributed by atoms with E-state index in [1.165, 1.54) is 24.3 Å². The average Bonchev–Trinajstić information content (AvgIpc) is 3.32. The molecule has 6 nitrogen and oxygen atoms in total. The van der Waals surface area contributed by atoms with Crippen LogP contribution in [0, 0.1) is 25.6 Å². The SMILES string of the molecule is Cc1nc(C2CCCN(C(=O)C3CCCC3)C2)nc(C)c1CC(=O)Nc1ccc(F)cc1. The van der Waals surface area contributed by atoms with Crippen LogP contribution in [-0.4, -0.2) is 39.8 Å². The molecule has 1 aromatic heterocycles. The van der Waals surface area contributed by atoms with Crippen molar-refractivity contribution in [2.24, 2.45) is 5.92 Å². The fourth-order valence-corrected chi connectivity index (χ4v) is 4.92. The van der Waals surface area contributed by atoms with Crippen LogP contribution in [0.4, 0.5) is 10.1 Å². The minimum atomic E-state index is -0.343. The van der Waals surface area contributed by atoms with E-state index in [1.54, 1.807) is 0 Å². The van der Waals surface area contributed by atoms with Crippen LogP contribution in [0.25, 0.3) is 0 Å². The number of carbonyl (C=O) groups excluding carboxylic acids is 2. The Morgan fingerprint density at radius 1 is 1.03 bits per heavy atom. The topological polar surface area (TPSA) is 75.2 Å². The number of likely N-dealkylation sites (tertiary alicyclic amines) is 1. The highest BCUT2D eigenvalue weighted by Crippen LogP contribution is 2.31. The van der Waals surface area contributed by atoms with Gasteiger partial charge >= 0.3 is 0 Å². The summed E-state index contributed by atoms with van der Waals surface area (Å²) in [6, 6.07) is 5.70. The molecule has 0 radical (unpaired) electrons. The second-order valence-corrected chi connectivity index (χ2v) is 9.07. The number of hydrogen-bond donors (Lipinski definition) is 1. The zero-order valence-electron chi connectivity index (χ0n) is 18.9. The van der Waals surface area contributed by atoms with Gasteiger partial charge in [0.05, 0.1) is 6.42 Å². The first-order chi connectivity index (χ1) is 15.4. The highest BCUT2D eigenvalue weighted by Gasteiger charge is 2.32. The van der Waals surface area contributed by atoms with Crippen LogP contribution >= 0.6 is 0 Å². The molecule has 1 aromatic carbocycles. The second-order valence-electron chi connectivity index (χ2n) is 9.07. The molecular formula is C25H31FN4O2. The maximum Gasteiger partial charge on any atom is 0.228 e. The summed E-state index contributed by atoms with van der Waals surface area (Å²) in [7, 11) is 0. The summed E-state index contributed by atoms with van der Waals surface area (Å²) >= 11 is 0. The molecule has 1 saturated carbocycles. The Labute approximate surface area is 188 Å². The zero-order valence-corrected chi connectivity index (χ0v) is 18.9. The maximum atomic E-state index is 13.1. The van der Waals surface area contributed by atoms with E-state index in [0.29, 0.717) is 18.1 Å². The highest BCUT2D eigenvalue weighted by molar-refractivity contribution is 5.92. The van der Waals surface area contributed by atoms with E-state index in [1.807, 2.05) is 18.7 Å². The van der Waals surface area contributed by atoms with Gasteiger partial charge in [0.25, 0.3) is 0 Å². The Kier molecular flexibility index (Phi) is 6.82. The van der Waals surface area contributed by atoms with E-state index in [0.717, 1.165) is 67.8 Å². The van der Waals surface area contributed by atoms with Gasteiger partial charge in [0.1, 0.15) is 11.6 Å². The number of rotatable bonds is 5. The van der Waals surface area contributed by atoms with Crippen molar-refractivity contribution in [1.82, 2.24) is 14.9 Å². The highest BCUT2D eigenvalue weighted by atomic mass is 19.1. The third-order valence-corrected chi connectivity index (χ3v) is 6.71. The van der Waals surface area contributed by atoms with Gasteiger partial charge in [-0.3, -0.25) is 9.59 Å². The fraction of sp³-hybridized carbons (Fsp3) is 0.520. The van der Waals surface area contributed by atoms with Crippen molar-refractivity contribution in [3.63, 3.8) is 0 Å². The van der Waals surface area contributed by atoms with Crippen molar-refractivity contribution in [2.45, 2.75) is 64.7 Å². The van der Waals surface area contributed by atoms with Gasteiger partial charge in [-0.05, 0) is 63.8 Å². The molecule has 0 bridgehead atoms. The molecule has 32 heavy (non-hydrogen) atoms. The summed E-state index contributed by atoms with van der Waals surface area (Å²) in [4.78, 5) is 36.9. The molecular weight excluding hydrogens is 407 g/mol. The molecule has 0 spiro atoms. The summed E-state index contributed by atoms with van der Waals surface area (Å²) in [5.74, 6) is 0.866. The molecule has 2 amide bonds. The molecule has 1 saturated heterocycles. The van der Waals surface area contributed by atoms with Crippen LogP contribution in [0.15, 0.2) is 24.3 Å². The fourth-order valence-electron chi connectivity index (χ4n) is 4.92. The minimum Gasteiger partial charge on any atom is -0.342 e. The lowest BCUT2D eigenvalue weighted by Crippen LogP contribution is -2.42. The molecule has 1 N–H and O–H groups in total. The molecule has 2 fully saturated rings. The Balaban J connectivity index is 1.43. The van der Waals surface area contributed by atoms with Crippen molar-refractivity contribution in [3.05, 3.63) is 52.9 Å². The molecule has 170 valence electrons. The zero-order chi connectivity index (χ0) is 22.7. The van der Waals surface area contributed by atoms with Gasteiger partial charge in [0.15, 0.2) is 0 Å². The first kappa shape index (κ1) is 22.4. The van der Waals surface area contributed by atoms with E-state index in [2.05, 4.69) is 5.32 Å². The Morgan fingerprint density at radius 2 is 1.69 bits per heavy atom. The van der Waals surface area contributed by atoms with Crippen LogP contribution in [0.3, 0.4) is 0 Å². The van der Waals surface area contributed by atoms with Crippen LogP contribution in [0.5, 0.6) is 0 Å². The van der Waals surface area contributed by atoms with Gasteiger partial charge in [0.2, 0.25) is 11.8 Å². The monoisotopic (exact) mass is 438 g/mol. The largest absolute Gasteiger partial charge is 0.342 e. The summed E-state index contributed by atoms with van der Waals surface area (Å²) in [6.07, 6.45) is 6.44. The third-order valence-electron chi connectivity index (χ3n) is 6.71. The quantitative estimate of drug-likeness (QED) is 0.755. The van der Waals surface area contributed by atoms with E-state index < -0.39 is 0 Å². The Morgan fingerprint density at radius 3 is 2.34 bits per heavy atom. The molecule has 1 atom stereocenters.